The average Bonchev–Trinajstić information content (AvgIpc) is 2.40. The minimum Gasteiger partial charge on any atom is -0.311 e. The molecule has 1 aliphatic rings. The first-order chi connectivity index (χ1) is 9.15. The Morgan fingerprint density at radius 2 is 2.21 bits per heavy atom. The number of hydrogen-bond donors (Lipinski definition) is 0. The van der Waals surface area contributed by atoms with Gasteiger partial charge in [0.25, 0.3) is 0 Å². The van der Waals surface area contributed by atoms with E-state index in [0.29, 0.717) is 13.0 Å². The van der Waals surface area contributed by atoms with E-state index in [1.807, 2.05) is 30.3 Å². The van der Waals surface area contributed by atoms with Gasteiger partial charge in [0.2, 0.25) is 5.91 Å². The second kappa shape index (κ2) is 5.98. The fourth-order valence-corrected chi connectivity index (χ4v) is 2.78. The molecule has 0 aliphatic carbocycles. The number of carbonyl (C=O) groups excluding carboxylic acids is 2. The third kappa shape index (κ3) is 2.85. The lowest BCUT2D eigenvalue weighted by Crippen LogP contribution is -2.44. The molecule has 1 atom stereocenters. The van der Waals surface area contributed by atoms with Crippen LogP contribution in [0.25, 0.3) is 0 Å². The summed E-state index contributed by atoms with van der Waals surface area (Å²) in [5.41, 5.74) is 0.780. The molecule has 0 aromatic heterocycles. The third-order valence-corrected chi connectivity index (χ3v) is 3.89. The number of rotatable bonds is 3. The standard InChI is InChI=1S/C14H13BrN2O2/c15-11-5-1-2-6-12(11)17-9-3-4-10(14(17)19)13(18)7-8-16/h1-2,5-6,10H,3-4,7,9H2/t10-/m0/s1. The summed E-state index contributed by atoms with van der Waals surface area (Å²) in [5.74, 6) is -1.14. The van der Waals surface area contributed by atoms with Gasteiger partial charge < -0.3 is 4.90 Å². The molecular weight excluding hydrogens is 308 g/mol. The van der Waals surface area contributed by atoms with Crippen molar-refractivity contribution in [2.24, 2.45) is 5.92 Å². The molecule has 98 valence electrons. The lowest BCUT2D eigenvalue weighted by atomic mass is 9.91. The van der Waals surface area contributed by atoms with Crippen LogP contribution in [0.4, 0.5) is 5.69 Å². The van der Waals surface area contributed by atoms with Crippen LogP contribution in [0.1, 0.15) is 19.3 Å². The molecule has 5 heteroatoms. The molecule has 1 heterocycles. The van der Waals surface area contributed by atoms with Gasteiger partial charge in [-0.15, -0.1) is 0 Å². The van der Waals surface area contributed by atoms with Crippen molar-refractivity contribution in [3.8, 4) is 6.07 Å². The van der Waals surface area contributed by atoms with Crippen LogP contribution in [-0.2, 0) is 9.59 Å². The van der Waals surface area contributed by atoms with E-state index < -0.39 is 5.92 Å². The number of para-hydroxylation sites is 1. The van der Waals surface area contributed by atoms with E-state index in [-0.39, 0.29) is 18.1 Å². The lowest BCUT2D eigenvalue weighted by Gasteiger charge is -2.32. The van der Waals surface area contributed by atoms with Crippen LogP contribution in [0.15, 0.2) is 28.7 Å². The Morgan fingerprint density at radius 1 is 1.47 bits per heavy atom. The van der Waals surface area contributed by atoms with Crippen molar-refractivity contribution in [2.75, 3.05) is 11.4 Å². The van der Waals surface area contributed by atoms with Gasteiger partial charge in [0.05, 0.1) is 24.1 Å². The number of hydrogen-bond acceptors (Lipinski definition) is 3. The van der Waals surface area contributed by atoms with Crippen LogP contribution in [0.2, 0.25) is 0 Å². The number of Topliss-reactive ketones (excluding diaryl/α,β-unsaturated/α-hetero) is 1. The SMILES string of the molecule is N#CCC(=O)[C@@H]1CCCN(c2ccccc2Br)C1=O. The van der Waals surface area contributed by atoms with Crippen molar-refractivity contribution in [1.82, 2.24) is 0 Å². The first-order valence-corrected chi connectivity index (χ1v) is 6.90. The fourth-order valence-electron chi connectivity index (χ4n) is 2.28. The zero-order chi connectivity index (χ0) is 13.8. The number of halogens is 1. The summed E-state index contributed by atoms with van der Waals surface area (Å²) in [6, 6.07) is 9.26. The highest BCUT2D eigenvalue weighted by molar-refractivity contribution is 9.10. The van der Waals surface area contributed by atoms with Gasteiger partial charge in [-0.05, 0) is 40.9 Å². The largest absolute Gasteiger partial charge is 0.311 e. The summed E-state index contributed by atoms with van der Waals surface area (Å²) in [7, 11) is 0. The summed E-state index contributed by atoms with van der Waals surface area (Å²) < 4.78 is 0.830. The van der Waals surface area contributed by atoms with Gasteiger partial charge in [0.15, 0.2) is 5.78 Å². The van der Waals surface area contributed by atoms with E-state index >= 15 is 0 Å². The maximum atomic E-state index is 12.4. The van der Waals surface area contributed by atoms with Crippen LogP contribution in [-0.4, -0.2) is 18.2 Å². The molecule has 2 rings (SSSR count). The number of piperidine rings is 1. The number of nitrogens with zero attached hydrogens (tertiary/aromatic N) is 2. The maximum Gasteiger partial charge on any atom is 0.237 e. The third-order valence-electron chi connectivity index (χ3n) is 3.22. The average molecular weight is 321 g/mol. The minimum atomic E-state index is -0.666. The Hall–Kier alpha value is -1.67. The van der Waals surface area contributed by atoms with Crippen molar-refractivity contribution in [1.29, 1.82) is 5.26 Å². The van der Waals surface area contributed by atoms with Gasteiger partial charge in [-0.3, -0.25) is 9.59 Å². The molecule has 1 saturated heterocycles. The van der Waals surface area contributed by atoms with Crippen molar-refractivity contribution >= 4 is 33.3 Å². The van der Waals surface area contributed by atoms with Crippen LogP contribution in [0, 0.1) is 17.2 Å². The quantitative estimate of drug-likeness (QED) is 0.804. The Balaban J connectivity index is 2.24. The molecular formula is C14H13BrN2O2. The van der Waals surface area contributed by atoms with E-state index in [4.69, 9.17) is 5.26 Å². The predicted molar refractivity (Wildman–Crippen MR) is 74.5 cm³/mol. The Kier molecular flexibility index (Phi) is 4.33. The molecule has 1 aliphatic heterocycles. The number of carbonyl (C=O) groups is 2. The molecule has 4 nitrogen and oxygen atoms in total. The van der Waals surface area contributed by atoms with E-state index in [0.717, 1.165) is 16.6 Å². The molecule has 0 spiro atoms. The van der Waals surface area contributed by atoms with Gasteiger partial charge in [-0.1, -0.05) is 12.1 Å². The summed E-state index contributed by atoms with van der Waals surface area (Å²) >= 11 is 3.42. The van der Waals surface area contributed by atoms with E-state index in [2.05, 4.69) is 15.9 Å². The normalized spacial score (nSPS) is 19.1. The van der Waals surface area contributed by atoms with Crippen LogP contribution < -0.4 is 4.90 Å². The molecule has 0 unspecified atom stereocenters. The van der Waals surface area contributed by atoms with Gasteiger partial charge in [0, 0.05) is 11.0 Å². The van der Waals surface area contributed by atoms with E-state index in [1.165, 1.54) is 0 Å². The zero-order valence-corrected chi connectivity index (χ0v) is 11.9. The molecule has 0 radical (unpaired) electrons. The van der Waals surface area contributed by atoms with Crippen molar-refractivity contribution in [2.45, 2.75) is 19.3 Å². The van der Waals surface area contributed by atoms with Crippen LogP contribution in [0.3, 0.4) is 0 Å². The topological polar surface area (TPSA) is 61.2 Å². The van der Waals surface area contributed by atoms with E-state index in [1.54, 1.807) is 4.90 Å². The molecule has 1 aromatic rings. The molecule has 19 heavy (non-hydrogen) atoms. The molecule has 1 amide bonds. The van der Waals surface area contributed by atoms with Gasteiger partial charge >= 0.3 is 0 Å². The molecule has 0 saturated carbocycles. The van der Waals surface area contributed by atoms with Crippen LogP contribution in [0.5, 0.6) is 0 Å². The van der Waals surface area contributed by atoms with Crippen molar-refractivity contribution in [3.63, 3.8) is 0 Å². The number of anilines is 1. The zero-order valence-electron chi connectivity index (χ0n) is 10.3. The number of ketones is 1. The lowest BCUT2D eigenvalue weighted by molar-refractivity contribution is -0.133. The minimum absolute atomic E-state index is 0.194. The van der Waals surface area contributed by atoms with Gasteiger partial charge in [-0.25, -0.2) is 0 Å². The van der Waals surface area contributed by atoms with Crippen LogP contribution >= 0.6 is 15.9 Å². The highest BCUT2D eigenvalue weighted by Gasteiger charge is 2.34. The Bertz CT molecular complexity index is 551. The predicted octanol–water partition coefficient (Wildman–Crippen LogP) is 2.67. The molecule has 1 aromatic carbocycles. The number of amides is 1. The van der Waals surface area contributed by atoms with E-state index in [9.17, 15) is 9.59 Å². The Labute approximate surface area is 120 Å². The fraction of sp³-hybridized carbons (Fsp3) is 0.357. The number of benzene rings is 1. The van der Waals surface area contributed by atoms with Crippen molar-refractivity contribution < 1.29 is 9.59 Å². The summed E-state index contributed by atoms with van der Waals surface area (Å²) in [6.45, 7) is 0.609. The van der Waals surface area contributed by atoms with Gasteiger partial charge in [0.1, 0.15) is 0 Å². The molecule has 0 bridgehead atoms. The second-order valence-corrected chi connectivity index (χ2v) is 5.29. The summed E-state index contributed by atoms with van der Waals surface area (Å²) in [6.07, 6.45) is 1.12. The highest BCUT2D eigenvalue weighted by Crippen LogP contribution is 2.31. The molecule has 0 N–H and O–H groups in total. The number of nitriles is 1. The highest BCUT2D eigenvalue weighted by atomic mass is 79.9. The van der Waals surface area contributed by atoms with Crippen molar-refractivity contribution in [3.05, 3.63) is 28.7 Å². The molecule has 1 fully saturated rings. The maximum absolute atomic E-state index is 12.4. The summed E-state index contributed by atoms with van der Waals surface area (Å²) in [5, 5.41) is 8.58. The second-order valence-electron chi connectivity index (χ2n) is 4.44. The first-order valence-electron chi connectivity index (χ1n) is 6.10. The van der Waals surface area contributed by atoms with Gasteiger partial charge in [-0.2, -0.15) is 5.26 Å². The Morgan fingerprint density at radius 3 is 2.89 bits per heavy atom. The first kappa shape index (κ1) is 13.8. The monoisotopic (exact) mass is 320 g/mol. The summed E-state index contributed by atoms with van der Waals surface area (Å²) in [4.78, 5) is 25.8. The smallest absolute Gasteiger partial charge is 0.237 e.